The van der Waals surface area contributed by atoms with Crippen LogP contribution in [0, 0.1) is 0 Å². The summed E-state index contributed by atoms with van der Waals surface area (Å²) in [5.74, 6) is 0. The van der Waals surface area contributed by atoms with Crippen molar-refractivity contribution < 1.29 is 74.0 Å². The van der Waals surface area contributed by atoms with E-state index >= 15 is 0 Å². The average molecular weight is 366 g/mol. The molecule has 5 nitrogen and oxygen atoms in total. The molecule has 0 aliphatic carbocycles. The smallest absolute Gasteiger partial charge is 0.727 e. The molecule has 0 aromatic carbocycles. The zero-order valence-electron chi connectivity index (χ0n) is 4.25. The van der Waals surface area contributed by atoms with E-state index in [0.29, 0.717) is 0 Å². The summed E-state index contributed by atoms with van der Waals surface area (Å²) in [5.41, 5.74) is 0. The molecule has 0 saturated heterocycles. The quantitative estimate of drug-likeness (QED) is 0.201. The fourth-order valence-corrected chi connectivity index (χ4v) is 0. The van der Waals surface area contributed by atoms with Crippen molar-refractivity contribution in [3.05, 3.63) is 0 Å². The molecule has 0 amide bonds. The van der Waals surface area contributed by atoms with E-state index < -0.39 is 10.4 Å². The Bertz CT molecular complexity index is 117. The van der Waals surface area contributed by atoms with Crippen molar-refractivity contribution in [1.82, 2.24) is 0 Å². The van der Waals surface area contributed by atoms with Gasteiger partial charge < -0.3 is 26.6 Å². The molecule has 0 atom stereocenters. The third-order valence-corrected chi connectivity index (χ3v) is 0.750. The Balaban J connectivity index is -0.0000000417. The van der Waals surface area contributed by atoms with Crippen LogP contribution in [0.25, 0.3) is 0 Å². The van der Waals surface area contributed by atoms with Crippen LogP contribution in [-0.2, 0) is 49.3 Å². The van der Waals surface area contributed by atoms with Crippen molar-refractivity contribution in [2.75, 3.05) is 0 Å². The van der Waals surface area contributed by atoms with Crippen molar-refractivity contribution in [2.24, 2.45) is 0 Å². The maximum absolute atomic E-state index is 9.12. The molecule has 0 bridgehead atoms. The van der Waals surface area contributed by atoms with Crippen molar-refractivity contribution in [3.8, 4) is 0 Å². The minimum Gasteiger partial charge on any atom is -0.727 e. The molecule has 0 spiro atoms. The number of rotatable bonds is 1. The van der Waals surface area contributed by atoms with E-state index in [1.165, 1.54) is 0 Å². The van der Waals surface area contributed by atoms with Gasteiger partial charge in [0.2, 0.25) is 0 Å². The van der Waals surface area contributed by atoms with Gasteiger partial charge >= 0.3 is 51.9 Å². The standard InChI is InChI=1S/Au.Na.H2O4S2.H2O/c;;1-6(2,3)4-5;/h;;5H,(H,1,2,3);1H2/q2*+1;;/p-2. The minimum absolute atomic E-state index is 0. The van der Waals surface area contributed by atoms with E-state index in [1.54, 1.807) is 0 Å². The molecule has 9 heteroatoms. The molecule has 0 heterocycles. The van der Waals surface area contributed by atoms with Gasteiger partial charge in [-0.15, -0.1) is 0 Å². The fourth-order valence-electron chi connectivity index (χ4n) is 0. The van der Waals surface area contributed by atoms with Gasteiger partial charge in [-0.05, 0) is 0 Å². The molecule has 2 N–H and O–H groups in total. The van der Waals surface area contributed by atoms with E-state index in [0.717, 1.165) is 0 Å². The van der Waals surface area contributed by atoms with Gasteiger partial charge in [0, 0.05) is 0 Å². The van der Waals surface area contributed by atoms with E-state index in [-0.39, 0.29) is 57.4 Å². The molecule has 0 rings (SSSR count). The first kappa shape index (κ1) is 22.4. The molecule has 0 aromatic heterocycles. The molecule has 0 aliphatic heterocycles. The van der Waals surface area contributed by atoms with Gasteiger partial charge in [-0.3, -0.25) is 0 Å². The Morgan fingerprint density at radius 3 is 1.56 bits per heavy atom. The summed E-state index contributed by atoms with van der Waals surface area (Å²) in [6, 6.07) is 0. The van der Waals surface area contributed by atoms with Crippen LogP contribution in [0.5, 0.6) is 0 Å². The SMILES string of the molecule is O.O=S(=O)([O-])O[S-].[Au+].[Na+]. The zero-order valence-corrected chi connectivity index (χ0v) is 10.1. The first-order valence-corrected chi connectivity index (χ1v) is 2.50. The predicted octanol–water partition coefficient (Wildman–Crippen LogP) is -4.90. The monoisotopic (exact) mass is 366 g/mol. The van der Waals surface area contributed by atoms with Gasteiger partial charge in [-0.25, -0.2) is 8.42 Å². The average Bonchev–Trinajstić information content (AvgIpc) is 1.35. The third-order valence-electron chi connectivity index (χ3n) is 0.0833. The van der Waals surface area contributed by atoms with Crippen LogP contribution in [0.4, 0.5) is 0 Å². The van der Waals surface area contributed by atoms with Crippen LogP contribution in [0.15, 0.2) is 0 Å². The van der Waals surface area contributed by atoms with Crippen LogP contribution in [-0.4, -0.2) is 18.4 Å². The van der Waals surface area contributed by atoms with Crippen LogP contribution < -0.4 is 29.6 Å². The van der Waals surface area contributed by atoms with E-state index in [4.69, 9.17) is 13.0 Å². The van der Waals surface area contributed by atoms with E-state index in [1.807, 2.05) is 0 Å². The maximum Gasteiger partial charge on any atom is 1.00 e. The van der Waals surface area contributed by atoms with Crippen molar-refractivity contribution in [2.45, 2.75) is 0 Å². The van der Waals surface area contributed by atoms with Gasteiger partial charge in [0.25, 0.3) is 0 Å². The van der Waals surface area contributed by atoms with E-state index in [9.17, 15) is 0 Å². The largest absolute Gasteiger partial charge is 1.00 e. The van der Waals surface area contributed by atoms with Crippen LogP contribution in [0.3, 0.4) is 0 Å². The summed E-state index contributed by atoms with van der Waals surface area (Å²) in [6.07, 6.45) is 0. The summed E-state index contributed by atoms with van der Waals surface area (Å²) in [5, 5.41) is 0. The molecule has 9 heavy (non-hydrogen) atoms. The molecule has 0 saturated carbocycles. The molecule has 56 valence electrons. The summed E-state index contributed by atoms with van der Waals surface area (Å²) in [7, 11) is -4.60. The van der Waals surface area contributed by atoms with Gasteiger partial charge in [-0.2, -0.15) is 0 Å². The summed E-state index contributed by atoms with van der Waals surface area (Å²) in [4.78, 5) is 0. The Hall–Kier alpha value is 1.92. The molecule has 0 aliphatic rings. The molecule has 0 radical (unpaired) electrons. The van der Waals surface area contributed by atoms with Crippen molar-refractivity contribution in [1.29, 1.82) is 0 Å². The molecule has 0 unspecified atom stereocenters. The molecular formula is H2AuNaO5S2. The summed E-state index contributed by atoms with van der Waals surface area (Å²) < 4.78 is 30.3. The Kier molecular flexibility index (Phi) is 24.7. The topological polar surface area (TPSA) is 97.9 Å². The molecule has 0 aromatic rings. The minimum atomic E-state index is -4.60. The van der Waals surface area contributed by atoms with Gasteiger partial charge in [0.05, 0.1) is 0 Å². The Morgan fingerprint density at radius 2 is 1.56 bits per heavy atom. The Morgan fingerprint density at radius 1 is 1.44 bits per heavy atom. The maximum atomic E-state index is 9.12. The first-order valence-electron chi connectivity index (χ1n) is 0.833. The predicted molar refractivity (Wildman–Crippen MR) is 21.8 cm³/mol. The van der Waals surface area contributed by atoms with Crippen LogP contribution >= 0.6 is 0 Å². The summed E-state index contributed by atoms with van der Waals surface area (Å²) >= 11 is 3.39. The van der Waals surface area contributed by atoms with Gasteiger partial charge in [-0.1, -0.05) is 0 Å². The second-order valence-electron chi connectivity index (χ2n) is 0.476. The molecule has 0 fully saturated rings. The third kappa shape index (κ3) is 25.7. The fraction of sp³-hybridized carbons (Fsp3) is 0. The number of hydrogen-bond donors (Lipinski definition) is 0. The van der Waals surface area contributed by atoms with Crippen LogP contribution in [0.2, 0.25) is 0 Å². The Labute approximate surface area is 96.2 Å². The van der Waals surface area contributed by atoms with E-state index in [2.05, 4.69) is 16.5 Å². The molecular weight excluding hydrogens is 364 g/mol. The normalized spacial score (nSPS) is 7.78. The van der Waals surface area contributed by atoms with Gasteiger partial charge in [0.15, 0.2) is 10.4 Å². The van der Waals surface area contributed by atoms with Crippen molar-refractivity contribution >= 4 is 23.3 Å². The zero-order chi connectivity index (χ0) is 5.21. The first-order chi connectivity index (χ1) is 2.56. The van der Waals surface area contributed by atoms with Crippen LogP contribution in [0.1, 0.15) is 0 Å². The second-order valence-corrected chi connectivity index (χ2v) is 1.84. The van der Waals surface area contributed by atoms with Gasteiger partial charge in [0.1, 0.15) is 0 Å². The van der Waals surface area contributed by atoms with Crippen molar-refractivity contribution in [3.63, 3.8) is 0 Å². The second kappa shape index (κ2) is 9.92. The number of hydrogen-bond acceptors (Lipinski definition) is 5. The summed E-state index contributed by atoms with van der Waals surface area (Å²) in [6.45, 7) is 0.